The second kappa shape index (κ2) is 6.57. The van der Waals surface area contributed by atoms with Crippen molar-refractivity contribution in [1.29, 1.82) is 0 Å². The molecule has 23 heavy (non-hydrogen) atoms. The molecular formula is C16H19NO4S2. The molecule has 0 bridgehead atoms. The highest BCUT2D eigenvalue weighted by Gasteiger charge is 2.42. The highest BCUT2D eigenvalue weighted by atomic mass is 32.2. The molecule has 1 aromatic heterocycles. The summed E-state index contributed by atoms with van der Waals surface area (Å²) in [5.41, 5.74) is 0.719. The number of esters is 1. The molecule has 2 atom stereocenters. The molecule has 2 aromatic rings. The third-order valence-corrected chi connectivity index (χ3v) is 7.29. The minimum Gasteiger partial charge on any atom is -0.465 e. The van der Waals surface area contributed by atoms with E-state index in [-0.39, 0.29) is 27.9 Å². The number of hydrogen-bond acceptors (Lipinski definition) is 6. The zero-order valence-corrected chi connectivity index (χ0v) is 14.5. The van der Waals surface area contributed by atoms with Crippen molar-refractivity contribution in [1.82, 2.24) is 4.98 Å². The quantitative estimate of drug-likeness (QED) is 0.715. The van der Waals surface area contributed by atoms with E-state index >= 15 is 0 Å². The molecule has 1 saturated carbocycles. The average Bonchev–Trinajstić information content (AvgIpc) is 3.07. The highest BCUT2D eigenvalue weighted by Crippen LogP contribution is 2.41. The van der Waals surface area contributed by atoms with Gasteiger partial charge in [0.1, 0.15) is 0 Å². The largest absolute Gasteiger partial charge is 0.465 e. The van der Waals surface area contributed by atoms with E-state index in [9.17, 15) is 13.2 Å². The maximum absolute atomic E-state index is 12.5. The van der Waals surface area contributed by atoms with Crippen molar-refractivity contribution in [2.24, 2.45) is 11.8 Å². The van der Waals surface area contributed by atoms with Crippen molar-refractivity contribution in [3.05, 3.63) is 24.3 Å². The molecule has 1 heterocycles. The first-order chi connectivity index (χ1) is 11.0. The zero-order chi connectivity index (χ0) is 16.4. The van der Waals surface area contributed by atoms with Crippen LogP contribution in [-0.2, 0) is 19.4 Å². The first-order valence-corrected chi connectivity index (χ1v) is 10.2. The van der Waals surface area contributed by atoms with E-state index < -0.39 is 9.84 Å². The first-order valence-electron chi connectivity index (χ1n) is 7.73. The lowest BCUT2D eigenvalue weighted by Gasteiger charge is -2.03. The summed E-state index contributed by atoms with van der Waals surface area (Å²) in [7, 11) is -3.37. The van der Waals surface area contributed by atoms with Gasteiger partial charge < -0.3 is 4.74 Å². The van der Waals surface area contributed by atoms with Crippen LogP contribution in [-0.4, -0.2) is 31.7 Å². The summed E-state index contributed by atoms with van der Waals surface area (Å²) in [5.74, 6) is 0.122. The van der Waals surface area contributed by atoms with Gasteiger partial charge in [0, 0.05) is 6.42 Å². The molecule has 1 aliphatic carbocycles. The second-order valence-electron chi connectivity index (χ2n) is 5.92. The normalized spacial score (nSPS) is 20.6. The highest BCUT2D eigenvalue weighted by molar-refractivity contribution is 7.93. The predicted molar refractivity (Wildman–Crippen MR) is 89.1 cm³/mol. The van der Waals surface area contributed by atoms with Gasteiger partial charge in [-0.1, -0.05) is 19.1 Å². The molecule has 0 aliphatic heterocycles. The van der Waals surface area contributed by atoms with Crippen LogP contribution in [0.15, 0.2) is 28.6 Å². The van der Waals surface area contributed by atoms with E-state index in [0.29, 0.717) is 13.0 Å². The summed E-state index contributed by atoms with van der Waals surface area (Å²) in [6.07, 6.45) is 1.98. The van der Waals surface area contributed by atoms with Crippen LogP contribution in [0.25, 0.3) is 10.2 Å². The molecule has 7 heteroatoms. The fraction of sp³-hybridized carbons (Fsp3) is 0.500. The van der Waals surface area contributed by atoms with Gasteiger partial charge in [-0.25, -0.2) is 13.4 Å². The molecule has 0 spiro atoms. The zero-order valence-electron chi connectivity index (χ0n) is 12.9. The Hall–Kier alpha value is -1.47. The second-order valence-corrected chi connectivity index (χ2v) is 9.16. The lowest BCUT2D eigenvalue weighted by atomic mass is 10.3. The number of hydrogen-bond donors (Lipinski definition) is 0. The topological polar surface area (TPSA) is 73.3 Å². The Kier molecular flexibility index (Phi) is 4.68. The third kappa shape index (κ3) is 3.90. The first kappa shape index (κ1) is 16.4. The smallest absolute Gasteiger partial charge is 0.305 e. The van der Waals surface area contributed by atoms with Gasteiger partial charge in [-0.3, -0.25) is 4.79 Å². The van der Waals surface area contributed by atoms with Crippen LogP contribution in [0.4, 0.5) is 0 Å². The monoisotopic (exact) mass is 353 g/mol. The van der Waals surface area contributed by atoms with Crippen LogP contribution in [0.1, 0.15) is 26.2 Å². The number of thiazole rings is 1. The Bertz CT molecular complexity index is 779. The Morgan fingerprint density at radius 2 is 2.13 bits per heavy atom. The van der Waals surface area contributed by atoms with Crippen LogP contribution in [0.3, 0.4) is 0 Å². The number of fused-ring (bicyclic) bond motifs is 1. The molecule has 5 nitrogen and oxygen atoms in total. The van der Waals surface area contributed by atoms with Gasteiger partial charge in [-0.15, -0.1) is 11.3 Å². The summed E-state index contributed by atoms with van der Waals surface area (Å²) in [6.45, 7) is 2.25. The lowest BCUT2D eigenvalue weighted by Crippen LogP contribution is -2.12. The number of rotatable bonds is 7. The standard InChI is InChI=1S/C16H19NO4S2/c1-2-5-15(18)21-9-11-8-12(11)10-23(19,20)16-17-13-6-3-4-7-14(13)22-16/h3-4,6-7,11-12H,2,5,8-10H2,1H3/t11-,12+/m1/s1. The molecule has 0 N–H and O–H groups in total. The third-order valence-electron chi connectivity index (χ3n) is 3.96. The number of nitrogens with zero attached hydrogens (tertiary/aromatic N) is 1. The fourth-order valence-corrected chi connectivity index (χ4v) is 5.56. The van der Waals surface area contributed by atoms with Crippen molar-refractivity contribution in [3.63, 3.8) is 0 Å². The Balaban J connectivity index is 1.58. The molecule has 0 unspecified atom stereocenters. The van der Waals surface area contributed by atoms with Gasteiger partial charge in [0.25, 0.3) is 0 Å². The van der Waals surface area contributed by atoms with Gasteiger partial charge >= 0.3 is 5.97 Å². The summed E-state index contributed by atoms with van der Waals surface area (Å²) in [5, 5.41) is 0. The van der Waals surface area contributed by atoms with Crippen molar-refractivity contribution in [2.75, 3.05) is 12.4 Å². The van der Waals surface area contributed by atoms with Crippen molar-refractivity contribution in [3.8, 4) is 0 Å². The van der Waals surface area contributed by atoms with E-state index in [2.05, 4.69) is 4.98 Å². The van der Waals surface area contributed by atoms with Crippen LogP contribution >= 0.6 is 11.3 Å². The van der Waals surface area contributed by atoms with Gasteiger partial charge in [0.05, 0.1) is 22.6 Å². The minimum atomic E-state index is -3.37. The lowest BCUT2D eigenvalue weighted by molar-refractivity contribution is -0.144. The number of aromatic nitrogens is 1. The van der Waals surface area contributed by atoms with Crippen LogP contribution in [0, 0.1) is 11.8 Å². The Morgan fingerprint density at radius 3 is 2.87 bits per heavy atom. The Labute approximate surface area is 139 Å². The van der Waals surface area contributed by atoms with Gasteiger partial charge in [0.15, 0.2) is 0 Å². The molecule has 1 aromatic carbocycles. The number of ether oxygens (including phenoxy) is 1. The van der Waals surface area contributed by atoms with E-state index in [1.165, 1.54) is 11.3 Å². The summed E-state index contributed by atoms with van der Waals surface area (Å²) < 4.78 is 31.2. The SMILES string of the molecule is CCCC(=O)OC[C@H]1C[C@H]1CS(=O)(=O)c1nc2ccccc2s1. The molecule has 3 rings (SSSR count). The molecule has 1 aliphatic rings. The van der Waals surface area contributed by atoms with Gasteiger partial charge in [-0.05, 0) is 36.8 Å². The van der Waals surface area contributed by atoms with Crippen molar-refractivity contribution < 1.29 is 17.9 Å². The maximum atomic E-state index is 12.5. The van der Waals surface area contributed by atoms with E-state index in [0.717, 1.165) is 23.1 Å². The summed E-state index contributed by atoms with van der Waals surface area (Å²) >= 11 is 1.22. The van der Waals surface area contributed by atoms with Gasteiger partial charge in [-0.2, -0.15) is 0 Å². The average molecular weight is 353 g/mol. The summed E-state index contributed by atoms with van der Waals surface area (Å²) in [4.78, 5) is 15.6. The van der Waals surface area contributed by atoms with Crippen LogP contribution in [0.5, 0.6) is 0 Å². The molecule has 0 saturated heterocycles. The fourth-order valence-electron chi connectivity index (χ4n) is 2.53. The number of sulfone groups is 1. The van der Waals surface area contributed by atoms with Gasteiger partial charge in [0.2, 0.25) is 14.2 Å². The molecule has 0 radical (unpaired) electrons. The number of carbonyl (C=O) groups is 1. The van der Waals surface area contributed by atoms with Crippen molar-refractivity contribution in [2.45, 2.75) is 30.5 Å². The molecular weight excluding hydrogens is 334 g/mol. The summed E-state index contributed by atoms with van der Waals surface area (Å²) in [6, 6.07) is 7.41. The predicted octanol–water partition coefficient (Wildman–Crippen LogP) is 3.05. The number of benzene rings is 1. The molecule has 0 amide bonds. The van der Waals surface area contributed by atoms with Crippen LogP contribution in [0.2, 0.25) is 0 Å². The Morgan fingerprint density at radius 1 is 1.35 bits per heavy atom. The van der Waals surface area contributed by atoms with E-state index in [1.54, 1.807) is 0 Å². The van der Waals surface area contributed by atoms with E-state index in [1.807, 2.05) is 31.2 Å². The van der Waals surface area contributed by atoms with E-state index in [4.69, 9.17) is 4.74 Å². The minimum absolute atomic E-state index is 0.0708. The number of carbonyl (C=O) groups excluding carboxylic acids is 1. The van der Waals surface area contributed by atoms with Crippen molar-refractivity contribution >= 4 is 37.4 Å². The number of para-hydroxylation sites is 1. The molecule has 124 valence electrons. The molecule has 1 fully saturated rings. The maximum Gasteiger partial charge on any atom is 0.305 e. The van der Waals surface area contributed by atoms with Crippen LogP contribution < -0.4 is 0 Å².